The van der Waals surface area contributed by atoms with Gasteiger partial charge in [-0.3, -0.25) is 9.59 Å². The van der Waals surface area contributed by atoms with Gasteiger partial charge in [0.2, 0.25) is 1.43 Å². The fourth-order valence-electron chi connectivity index (χ4n) is 0.674. The quantitative estimate of drug-likeness (QED) is 0.524. The third-order valence-corrected chi connectivity index (χ3v) is 2.14. The standard InChI is InChI=1S/C9H16O4/c1-6(9(3,4)5-10)8(12)13-7(2)11/h6,10H,5H2,1-4H3/i10T. The average Bonchev–Trinajstić information content (AvgIpc) is 2.01. The number of rotatable bonds is 4. The maximum atomic E-state index is 11.3. The van der Waals surface area contributed by atoms with E-state index in [1.54, 1.807) is 20.8 Å². The van der Waals surface area contributed by atoms with Gasteiger partial charge in [0, 0.05) is 18.9 Å². The second-order valence-electron chi connectivity index (χ2n) is 3.77. The van der Waals surface area contributed by atoms with E-state index >= 15 is 0 Å². The topological polar surface area (TPSA) is 63.6 Å². The Labute approximate surface area is 79.4 Å². The fourth-order valence-corrected chi connectivity index (χ4v) is 0.674. The Morgan fingerprint density at radius 1 is 1.62 bits per heavy atom. The molecule has 0 rings (SSSR count). The van der Waals surface area contributed by atoms with Crippen molar-refractivity contribution in [2.24, 2.45) is 11.3 Å². The number of aliphatic hydroxyl groups is 1. The molecule has 0 aromatic heterocycles. The Morgan fingerprint density at radius 3 is 2.54 bits per heavy atom. The van der Waals surface area contributed by atoms with Crippen LogP contribution in [0.4, 0.5) is 0 Å². The van der Waals surface area contributed by atoms with Crippen LogP contribution in [0.1, 0.15) is 27.7 Å². The minimum atomic E-state index is -0.621. The Bertz CT molecular complexity index is 225. The first kappa shape index (κ1) is 10.2. The molecule has 0 aliphatic rings. The van der Waals surface area contributed by atoms with Gasteiger partial charge < -0.3 is 9.85 Å². The predicted octanol–water partition coefficient (Wildman–Crippen LogP) is 0.731. The molecule has 0 bridgehead atoms. The van der Waals surface area contributed by atoms with Crippen LogP contribution in [0.3, 0.4) is 0 Å². The molecule has 76 valence electrons. The van der Waals surface area contributed by atoms with E-state index in [0.717, 1.165) is 0 Å². The maximum Gasteiger partial charge on any atom is 0.316 e. The van der Waals surface area contributed by atoms with Crippen molar-refractivity contribution < 1.29 is 19.4 Å². The second-order valence-corrected chi connectivity index (χ2v) is 3.77. The van der Waals surface area contributed by atoms with Crippen molar-refractivity contribution in [3.63, 3.8) is 0 Å². The highest BCUT2D eigenvalue weighted by molar-refractivity contribution is 5.85. The van der Waals surface area contributed by atoms with Crippen molar-refractivity contribution in [1.82, 2.24) is 0 Å². The van der Waals surface area contributed by atoms with Gasteiger partial charge in [0.05, 0.1) is 5.92 Å². The van der Waals surface area contributed by atoms with E-state index in [0.29, 0.717) is 0 Å². The number of carbonyl (C=O) groups excluding carboxylic acids is 2. The molecule has 13 heavy (non-hydrogen) atoms. The molecule has 1 atom stereocenters. The molecule has 4 nitrogen and oxygen atoms in total. The van der Waals surface area contributed by atoms with Gasteiger partial charge in [0.1, 0.15) is 0 Å². The van der Waals surface area contributed by atoms with Crippen molar-refractivity contribution in [2.75, 3.05) is 6.61 Å². The van der Waals surface area contributed by atoms with Crippen LogP contribution in [-0.2, 0) is 14.3 Å². The Morgan fingerprint density at radius 2 is 2.15 bits per heavy atom. The predicted molar refractivity (Wildman–Crippen MR) is 46.8 cm³/mol. The zero-order chi connectivity index (χ0) is 11.4. The van der Waals surface area contributed by atoms with E-state index in [1.165, 1.54) is 6.92 Å². The van der Waals surface area contributed by atoms with Crippen molar-refractivity contribution in [3.05, 3.63) is 0 Å². The van der Waals surface area contributed by atoms with Crippen molar-refractivity contribution in [2.45, 2.75) is 27.7 Å². The zero-order valence-electron chi connectivity index (χ0n) is 9.42. The van der Waals surface area contributed by atoms with Gasteiger partial charge in [0.25, 0.3) is 0 Å². The molecule has 0 spiro atoms. The van der Waals surface area contributed by atoms with Crippen LogP contribution in [-0.4, -0.2) is 25.1 Å². The Balaban J connectivity index is 4.36. The van der Waals surface area contributed by atoms with Crippen LogP contribution >= 0.6 is 0 Å². The minimum Gasteiger partial charge on any atom is -0.396 e. The summed E-state index contributed by atoms with van der Waals surface area (Å²) in [7, 11) is 0. The number of esters is 2. The average molecular weight is 190 g/mol. The number of hydrogen-bond acceptors (Lipinski definition) is 4. The molecule has 0 radical (unpaired) electrons. The van der Waals surface area contributed by atoms with E-state index in [4.69, 9.17) is 1.43 Å². The van der Waals surface area contributed by atoms with Crippen LogP contribution in [0.25, 0.3) is 0 Å². The molecule has 0 heterocycles. The first-order valence-corrected chi connectivity index (χ1v) is 4.11. The zero-order valence-corrected chi connectivity index (χ0v) is 8.42. The van der Waals surface area contributed by atoms with E-state index < -0.39 is 23.3 Å². The summed E-state index contributed by atoms with van der Waals surface area (Å²) < 4.78 is 11.1. The van der Waals surface area contributed by atoms with Crippen LogP contribution < -0.4 is 0 Å². The molecular formula is C9H16O4. The number of hydrogen-bond donors (Lipinski definition) is 1. The molecule has 0 fully saturated rings. The summed E-state index contributed by atoms with van der Waals surface area (Å²) in [5.41, 5.74) is -0.520. The third-order valence-electron chi connectivity index (χ3n) is 2.14. The number of ether oxygens (including phenoxy) is 1. The molecule has 4 heteroatoms. The number of aliphatic hydroxyl groups excluding tert-OH is 1. The van der Waals surface area contributed by atoms with E-state index in [9.17, 15) is 9.59 Å². The summed E-state index contributed by atoms with van der Waals surface area (Å²) >= 11 is 0. The van der Waals surface area contributed by atoms with Gasteiger partial charge in [-0.1, -0.05) is 20.8 Å². The van der Waals surface area contributed by atoms with Crippen molar-refractivity contribution >= 4 is 11.9 Å². The van der Waals surface area contributed by atoms with Gasteiger partial charge in [-0.2, -0.15) is 0 Å². The lowest BCUT2D eigenvalue weighted by Gasteiger charge is -2.27. The lowest BCUT2D eigenvalue weighted by Crippen LogP contribution is -2.33. The van der Waals surface area contributed by atoms with Gasteiger partial charge in [-0.15, -0.1) is 0 Å². The highest BCUT2D eigenvalue weighted by Gasteiger charge is 2.32. The highest BCUT2D eigenvalue weighted by Crippen LogP contribution is 2.26. The summed E-state index contributed by atoms with van der Waals surface area (Å²) in [5.74, 6) is -1.69. The van der Waals surface area contributed by atoms with Crippen LogP contribution in [0.15, 0.2) is 0 Å². The van der Waals surface area contributed by atoms with Gasteiger partial charge in [0.15, 0.2) is 0 Å². The van der Waals surface area contributed by atoms with E-state index in [1.807, 2.05) is 0 Å². The molecular weight excluding hydrogens is 172 g/mol. The maximum absolute atomic E-state index is 11.3. The van der Waals surface area contributed by atoms with E-state index in [-0.39, 0.29) is 6.61 Å². The molecule has 0 saturated carbocycles. The Hall–Kier alpha value is -0.900. The fraction of sp³-hybridized carbons (Fsp3) is 0.778. The van der Waals surface area contributed by atoms with Crippen molar-refractivity contribution in [1.29, 1.82) is 1.43 Å². The molecule has 0 aliphatic carbocycles. The van der Waals surface area contributed by atoms with Gasteiger partial charge >= 0.3 is 11.9 Å². The van der Waals surface area contributed by atoms with Crippen LogP contribution in [0.2, 0.25) is 0 Å². The smallest absolute Gasteiger partial charge is 0.316 e. The molecule has 0 aliphatic heterocycles. The van der Waals surface area contributed by atoms with Gasteiger partial charge in [-0.05, 0) is 0 Å². The second kappa shape index (κ2) is 4.37. The van der Waals surface area contributed by atoms with Crippen molar-refractivity contribution in [3.8, 4) is 0 Å². The first-order valence-electron chi connectivity index (χ1n) is 4.52. The molecule has 0 aromatic rings. The first-order chi connectivity index (χ1) is 6.31. The molecule has 0 saturated heterocycles. The van der Waals surface area contributed by atoms with E-state index in [2.05, 4.69) is 9.85 Å². The van der Waals surface area contributed by atoms with Crippen LogP contribution in [0, 0.1) is 11.3 Å². The number of carbonyl (C=O) groups is 2. The monoisotopic (exact) mass is 190 g/mol. The summed E-state index contributed by atoms with van der Waals surface area (Å²) in [6.07, 6.45) is 0. The normalized spacial score (nSPS) is 14.6. The molecule has 0 aromatic carbocycles. The van der Waals surface area contributed by atoms with Gasteiger partial charge in [-0.25, -0.2) is 0 Å². The summed E-state index contributed by atoms with van der Waals surface area (Å²) in [6.45, 7) is 6.48. The lowest BCUT2D eigenvalue weighted by molar-refractivity contribution is -0.164. The SMILES string of the molecule is [3H]OCC(C)(C)C(C)C(=O)OC(C)=O. The van der Waals surface area contributed by atoms with Crippen LogP contribution in [0.5, 0.6) is 0 Å². The summed E-state index contributed by atoms with van der Waals surface area (Å²) in [6, 6.07) is 0. The highest BCUT2D eigenvalue weighted by atomic mass is 16.6. The molecule has 1 N–H and O–H groups in total. The lowest BCUT2D eigenvalue weighted by atomic mass is 9.81. The third kappa shape index (κ3) is 3.55. The summed E-state index contributed by atoms with van der Waals surface area (Å²) in [5, 5.41) is 4.24. The molecule has 1 unspecified atom stereocenters. The molecule has 0 amide bonds. The Kier molecular flexibility index (Phi) is 3.42. The largest absolute Gasteiger partial charge is 0.396 e. The minimum absolute atomic E-state index is 0.112. The summed E-state index contributed by atoms with van der Waals surface area (Å²) in [4.78, 5) is 21.8.